The Morgan fingerprint density at radius 1 is 0.800 bits per heavy atom. The van der Waals surface area contributed by atoms with E-state index in [0.29, 0.717) is 25.2 Å². The van der Waals surface area contributed by atoms with Crippen molar-refractivity contribution < 1.29 is 9.90 Å². The molecule has 30 heavy (non-hydrogen) atoms. The summed E-state index contributed by atoms with van der Waals surface area (Å²) in [7, 11) is 0. The van der Waals surface area contributed by atoms with Crippen LogP contribution in [0, 0.1) is 5.92 Å². The van der Waals surface area contributed by atoms with E-state index >= 15 is 0 Å². The van der Waals surface area contributed by atoms with Crippen LogP contribution < -0.4 is 0 Å². The Kier molecular flexibility index (Phi) is 6.30. The number of ketones is 1. The van der Waals surface area contributed by atoms with Gasteiger partial charge in [0.2, 0.25) is 0 Å². The maximum Gasteiger partial charge on any atom is 0.162 e. The first-order valence-electron chi connectivity index (χ1n) is 11.4. The van der Waals surface area contributed by atoms with Gasteiger partial charge < -0.3 is 5.11 Å². The molecule has 1 aliphatic carbocycles. The number of hydrogen-bond donors (Lipinski definition) is 1. The second-order valence-corrected chi connectivity index (χ2v) is 11.1. The smallest absolute Gasteiger partial charge is 0.162 e. The van der Waals surface area contributed by atoms with Gasteiger partial charge in [-0.2, -0.15) is 0 Å². The van der Waals surface area contributed by atoms with E-state index in [4.69, 9.17) is 0 Å². The Bertz CT molecular complexity index is 859. The molecule has 0 bridgehead atoms. The fourth-order valence-electron chi connectivity index (χ4n) is 4.22. The van der Waals surface area contributed by atoms with E-state index in [0.717, 1.165) is 24.0 Å². The van der Waals surface area contributed by atoms with E-state index in [2.05, 4.69) is 77.9 Å². The quantitative estimate of drug-likeness (QED) is 0.506. The van der Waals surface area contributed by atoms with Crippen LogP contribution in [0.15, 0.2) is 48.5 Å². The Hall–Kier alpha value is -1.93. The normalized spacial score (nSPS) is 16.9. The van der Waals surface area contributed by atoms with Crippen LogP contribution in [0.4, 0.5) is 0 Å². The predicted octanol–water partition coefficient (Wildman–Crippen LogP) is 6.93. The van der Waals surface area contributed by atoms with Gasteiger partial charge >= 0.3 is 0 Å². The standard InChI is InChI=1S/C28H38O2/c1-26(2,3)21-11-9-20(10-12-21)25(29)8-7-19-28(30,24-17-18-24)23-15-13-22(14-16-23)27(4,5)6/h9-16,24,30H,7-8,17-19H2,1-6H3. The van der Waals surface area contributed by atoms with Crippen LogP contribution in [0.25, 0.3) is 0 Å². The van der Waals surface area contributed by atoms with Crippen molar-refractivity contribution in [2.45, 2.75) is 90.1 Å². The van der Waals surface area contributed by atoms with Gasteiger partial charge in [-0.25, -0.2) is 0 Å². The molecule has 2 aromatic carbocycles. The third-order valence-electron chi connectivity index (χ3n) is 6.54. The van der Waals surface area contributed by atoms with Gasteiger partial charge in [0.15, 0.2) is 5.78 Å². The highest BCUT2D eigenvalue weighted by atomic mass is 16.3. The highest BCUT2D eigenvalue weighted by molar-refractivity contribution is 5.96. The molecule has 1 unspecified atom stereocenters. The van der Waals surface area contributed by atoms with Crippen molar-refractivity contribution in [1.82, 2.24) is 0 Å². The van der Waals surface area contributed by atoms with E-state index in [-0.39, 0.29) is 16.6 Å². The van der Waals surface area contributed by atoms with Gasteiger partial charge in [-0.05, 0) is 59.1 Å². The van der Waals surface area contributed by atoms with Crippen molar-refractivity contribution in [3.63, 3.8) is 0 Å². The van der Waals surface area contributed by atoms with Gasteiger partial charge in [0, 0.05) is 12.0 Å². The van der Waals surface area contributed by atoms with Crippen molar-refractivity contribution in [2.24, 2.45) is 5.92 Å². The van der Waals surface area contributed by atoms with Crippen molar-refractivity contribution in [3.8, 4) is 0 Å². The molecule has 1 saturated carbocycles. The second-order valence-electron chi connectivity index (χ2n) is 11.1. The molecule has 0 heterocycles. The van der Waals surface area contributed by atoms with Gasteiger partial charge in [-0.15, -0.1) is 0 Å². The minimum Gasteiger partial charge on any atom is -0.385 e. The highest BCUT2D eigenvalue weighted by Crippen LogP contribution is 2.48. The summed E-state index contributed by atoms with van der Waals surface area (Å²) >= 11 is 0. The summed E-state index contributed by atoms with van der Waals surface area (Å²) in [5.74, 6) is 0.482. The number of hydrogen-bond acceptors (Lipinski definition) is 2. The van der Waals surface area contributed by atoms with Crippen molar-refractivity contribution >= 4 is 5.78 Å². The van der Waals surface area contributed by atoms with Gasteiger partial charge in [0.05, 0.1) is 5.60 Å². The van der Waals surface area contributed by atoms with E-state index in [1.165, 1.54) is 11.1 Å². The summed E-state index contributed by atoms with van der Waals surface area (Å²) in [5, 5.41) is 11.5. The lowest BCUT2D eigenvalue weighted by Gasteiger charge is -2.30. The SMILES string of the molecule is CC(C)(C)c1ccc(C(=O)CCCC(O)(c2ccc(C(C)(C)C)cc2)C2CC2)cc1. The summed E-state index contributed by atoms with van der Waals surface area (Å²) in [5.41, 5.74) is 3.66. The van der Waals surface area contributed by atoms with Crippen LogP contribution in [0.5, 0.6) is 0 Å². The number of rotatable bonds is 7. The van der Waals surface area contributed by atoms with E-state index in [1.54, 1.807) is 0 Å². The molecule has 0 aliphatic heterocycles. The Morgan fingerprint density at radius 2 is 1.23 bits per heavy atom. The van der Waals surface area contributed by atoms with Crippen LogP contribution in [-0.2, 0) is 16.4 Å². The summed E-state index contributed by atoms with van der Waals surface area (Å²) in [6, 6.07) is 16.5. The molecular formula is C28H38O2. The van der Waals surface area contributed by atoms with E-state index in [9.17, 15) is 9.90 Å². The van der Waals surface area contributed by atoms with Gasteiger partial charge in [0.25, 0.3) is 0 Å². The molecule has 1 aliphatic rings. The summed E-state index contributed by atoms with van der Waals surface area (Å²) in [6.45, 7) is 13.1. The average Bonchev–Trinajstić information content (AvgIpc) is 3.52. The first kappa shape index (κ1) is 22.7. The lowest BCUT2D eigenvalue weighted by Crippen LogP contribution is -2.29. The third-order valence-corrected chi connectivity index (χ3v) is 6.54. The molecule has 0 spiro atoms. The topological polar surface area (TPSA) is 37.3 Å². The molecule has 0 saturated heterocycles. The minimum atomic E-state index is -0.813. The zero-order valence-electron chi connectivity index (χ0n) is 19.6. The highest BCUT2D eigenvalue weighted by Gasteiger charge is 2.44. The Labute approximate surface area is 182 Å². The number of Topliss-reactive ketones (excluding diaryl/α,β-unsaturated/α-hetero) is 1. The molecule has 1 atom stereocenters. The summed E-state index contributed by atoms with van der Waals surface area (Å²) in [6.07, 6.45) is 3.95. The molecule has 0 amide bonds. The largest absolute Gasteiger partial charge is 0.385 e. The molecule has 1 N–H and O–H groups in total. The third kappa shape index (κ3) is 5.21. The van der Waals surface area contributed by atoms with Crippen molar-refractivity contribution in [2.75, 3.05) is 0 Å². The van der Waals surface area contributed by atoms with Crippen molar-refractivity contribution in [1.29, 1.82) is 0 Å². The minimum absolute atomic E-state index is 0.0882. The van der Waals surface area contributed by atoms with Crippen LogP contribution in [0.3, 0.4) is 0 Å². The maximum atomic E-state index is 12.7. The van der Waals surface area contributed by atoms with E-state index < -0.39 is 5.60 Å². The number of carbonyl (C=O) groups is 1. The molecule has 3 rings (SSSR count). The number of carbonyl (C=O) groups excluding carboxylic acids is 1. The first-order valence-corrected chi connectivity index (χ1v) is 11.4. The second kappa shape index (κ2) is 8.30. The van der Waals surface area contributed by atoms with Gasteiger partial charge in [-0.1, -0.05) is 90.1 Å². The Balaban J connectivity index is 1.64. The fourth-order valence-corrected chi connectivity index (χ4v) is 4.22. The predicted molar refractivity (Wildman–Crippen MR) is 125 cm³/mol. The molecular weight excluding hydrogens is 368 g/mol. The zero-order chi connectivity index (χ0) is 22.2. The van der Waals surface area contributed by atoms with Crippen LogP contribution in [0.2, 0.25) is 0 Å². The molecule has 0 radical (unpaired) electrons. The number of aliphatic hydroxyl groups is 1. The molecule has 2 nitrogen and oxygen atoms in total. The Morgan fingerprint density at radius 3 is 1.67 bits per heavy atom. The molecule has 162 valence electrons. The summed E-state index contributed by atoms with van der Waals surface area (Å²) in [4.78, 5) is 12.7. The van der Waals surface area contributed by atoms with Crippen LogP contribution >= 0.6 is 0 Å². The average molecular weight is 407 g/mol. The number of benzene rings is 2. The van der Waals surface area contributed by atoms with Crippen LogP contribution in [0.1, 0.15) is 101 Å². The summed E-state index contributed by atoms with van der Waals surface area (Å²) < 4.78 is 0. The van der Waals surface area contributed by atoms with Crippen LogP contribution in [-0.4, -0.2) is 10.9 Å². The monoisotopic (exact) mass is 406 g/mol. The maximum absolute atomic E-state index is 12.7. The van der Waals surface area contributed by atoms with Crippen molar-refractivity contribution in [3.05, 3.63) is 70.8 Å². The molecule has 0 aromatic heterocycles. The molecule has 2 aromatic rings. The molecule has 1 fully saturated rings. The molecule has 2 heteroatoms. The zero-order valence-corrected chi connectivity index (χ0v) is 19.6. The van der Waals surface area contributed by atoms with Gasteiger partial charge in [0.1, 0.15) is 0 Å². The lowest BCUT2D eigenvalue weighted by molar-refractivity contribution is 0.00202. The van der Waals surface area contributed by atoms with Gasteiger partial charge in [-0.3, -0.25) is 4.79 Å². The fraction of sp³-hybridized carbons (Fsp3) is 0.536. The lowest BCUT2D eigenvalue weighted by atomic mass is 9.81. The first-order chi connectivity index (χ1) is 13.9. The van der Waals surface area contributed by atoms with E-state index in [1.807, 2.05) is 12.1 Å².